The standard InChI is InChI=1S/C23H24N4O6S/c1-4-33-16(29)11-34-22-25-20-19(21(30)26-22)17(12-5-7-13(8-6-12)27(31)32)18-14(24-20)9-23(2,3)10-15(18)28/h5-8,17H,4,9-11H2,1-3H3,(H2,24,25,26,30)/t17-/m0/s1. The number of carbonyl (C=O) groups excluding carboxylic acids is 2. The summed E-state index contributed by atoms with van der Waals surface area (Å²) in [6, 6.07) is 5.86. The van der Waals surface area contributed by atoms with Crippen molar-refractivity contribution in [1.29, 1.82) is 0 Å². The molecule has 1 aliphatic carbocycles. The number of non-ortho nitro benzene ring substituents is 1. The van der Waals surface area contributed by atoms with E-state index in [1.165, 1.54) is 12.1 Å². The van der Waals surface area contributed by atoms with Crippen LogP contribution < -0.4 is 10.9 Å². The van der Waals surface area contributed by atoms with Crippen molar-refractivity contribution in [3.8, 4) is 0 Å². The van der Waals surface area contributed by atoms with Gasteiger partial charge in [0.05, 0.1) is 22.8 Å². The second-order valence-electron chi connectivity index (χ2n) is 8.97. The second kappa shape index (κ2) is 9.05. The first-order valence-corrected chi connectivity index (χ1v) is 11.8. The molecule has 1 aromatic heterocycles. The predicted molar refractivity (Wildman–Crippen MR) is 126 cm³/mol. The van der Waals surface area contributed by atoms with Gasteiger partial charge in [-0.05, 0) is 24.3 Å². The predicted octanol–water partition coefficient (Wildman–Crippen LogP) is 3.53. The number of nitro benzene ring substituents is 1. The van der Waals surface area contributed by atoms with Gasteiger partial charge in [-0.2, -0.15) is 0 Å². The van der Waals surface area contributed by atoms with Crippen LogP contribution in [0.4, 0.5) is 11.5 Å². The van der Waals surface area contributed by atoms with Crippen molar-refractivity contribution in [2.24, 2.45) is 5.41 Å². The largest absolute Gasteiger partial charge is 0.465 e. The fraction of sp³-hybridized carbons (Fsp3) is 0.391. The maximum absolute atomic E-state index is 13.2. The molecule has 0 fully saturated rings. The molecule has 34 heavy (non-hydrogen) atoms. The molecular formula is C23H24N4O6S. The molecule has 1 aliphatic heterocycles. The van der Waals surface area contributed by atoms with Crippen molar-refractivity contribution < 1.29 is 19.2 Å². The highest BCUT2D eigenvalue weighted by Gasteiger charge is 2.42. The highest BCUT2D eigenvalue weighted by molar-refractivity contribution is 7.99. The van der Waals surface area contributed by atoms with Gasteiger partial charge in [-0.25, -0.2) is 4.98 Å². The monoisotopic (exact) mass is 484 g/mol. The Labute approximate surface area is 199 Å². The molecular weight excluding hydrogens is 460 g/mol. The number of benzene rings is 1. The number of Topliss-reactive ketones (excluding diaryl/α,β-unsaturated/α-hetero) is 1. The zero-order valence-electron chi connectivity index (χ0n) is 19.0. The summed E-state index contributed by atoms with van der Waals surface area (Å²) in [5, 5.41) is 14.6. The first-order valence-electron chi connectivity index (χ1n) is 10.8. The summed E-state index contributed by atoms with van der Waals surface area (Å²) in [7, 11) is 0. The van der Waals surface area contributed by atoms with Crippen LogP contribution in [-0.4, -0.2) is 39.0 Å². The fourth-order valence-electron chi connectivity index (χ4n) is 4.41. The van der Waals surface area contributed by atoms with Crippen LogP contribution in [0.3, 0.4) is 0 Å². The summed E-state index contributed by atoms with van der Waals surface area (Å²) < 4.78 is 4.93. The molecule has 11 heteroatoms. The minimum atomic E-state index is -0.712. The van der Waals surface area contributed by atoms with Crippen molar-refractivity contribution in [3.63, 3.8) is 0 Å². The first-order chi connectivity index (χ1) is 16.1. The van der Waals surface area contributed by atoms with Gasteiger partial charge in [-0.3, -0.25) is 24.5 Å². The quantitative estimate of drug-likeness (QED) is 0.207. The number of fused-ring (bicyclic) bond motifs is 1. The number of ketones is 1. The van der Waals surface area contributed by atoms with Crippen LogP contribution in [0, 0.1) is 15.5 Å². The Morgan fingerprint density at radius 2 is 1.97 bits per heavy atom. The van der Waals surface area contributed by atoms with Crippen LogP contribution in [0.25, 0.3) is 0 Å². The van der Waals surface area contributed by atoms with Crippen molar-refractivity contribution >= 4 is 35.0 Å². The van der Waals surface area contributed by atoms with Gasteiger partial charge in [0, 0.05) is 35.7 Å². The lowest BCUT2D eigenvalue weighted by atomic mass is 9.69. The lowest BCUT2D eigenvalue weighted by molar-refractivity contribution is -0.384. The number of nitrogens with one attached hydrogen (secondary N) is 2. The number of aromatic nitrogens is 2. The minimum Gasteiger partial charge on any atom is -0.465 e. The lowest BCUT2D eigenvalue weighted by Crippen LogP contribution is -2.37. The molecule has 10 nitrogen and oxygen atoms in total. The van der Waals surface area contributed by atoms with Crippen molar-refractivity contribution in [1.82, 2.24) is 9.97 Å². The Morgan fingerprint density at radius 1 is 1.26 bits per heavy atom. The molecule has 1 atom stereocenters. The highest BCUT2D eigenvalue weighted by atomic mass is 32.2. The molecule has 4 rings (SSSR count). The SMILES string of the molecule is CCOC(=O)CSc1nc2c(c(=O)[nH]1)[C@@H](c1ccc([N+](=O)[O-])cc1)C1=C(CC(C)(C)CC1=O)N2. The maximum Gasteiger partial charge on any atom is 0.316 e. The second-order valence-corrected chi connectivity index (χ2v) is 9.93. The van der Waals surface area contributed by atoms with Gasteiger partial charge in [-0.1, -0.05) is 37.7 Å². The van der Waals surface area contributed by atoms with Crippen LogP contribution in [0.15, 0.2) is 45.5 Å². The molecule has 0 unspecified atom stereocenters. The van der Waals surface area contributed by atoms with E-state index in [0.717, 1.165) is 11.8 Å². The van der Waals surface area contributed by atoms with Gasteiger partial charge < -0.3 is 15.0 Å². The number of hydrogen-bond donors (Lipinski definition) is 2. The number of hydrogen-bond acceptors (Lipinski definition) is 9. The van der Waals surface area contributed by atoms with Gasteiger partial charge in [0.2, 0.25) is 0 Å². The van der Waals surface area contributed by atoms with E-state index in [0.29, 0.717) is 35.5 Å². The molecule has 2 aromatic rings. The number of nitro groups is 1. The average molecular weight is 485 g/mol. The summed E-state index contributed by atoms with van der Waals surface area (Å²) >= 11 is 1.05. The third-order valence-electron chi connectivity index (χ3n) is 5.77. The maximum atomic E-state index is 13.2. The number of aromatic amines is 1. The average Bonchev–Trinajstić information content (AvgIpc) is 2.75. The third kappa shape index (κ3) is 4.60. The normalized spacial score (nSPS) is 18.6. The van der Waals surface area contributed by atoms with Gasteiger partial charge in [0.15, 0.2) is 10.9 Å². The van der Waals surface area contributed by atoms with Crippen LogP contribution in [-0.2, 0) is 14.3 Å². The molecule has 2 N–H and O–H groups in total. The number of esters is 1. The minimum absolute atomic E-state index is 0.0131. The molecule has 1 aromatic carbocycles. The molecule has 0 saturated heterocycles. The summed E-state index contributed by atoms with van der Waals surface area (Å²) in [5.41, 5.74) is 1.23. The zero-order valence-corrected chi connectivity index (χ0v) is 19.8. The van der Waals surface area contributed by atoms with E-state index < -0.39 is 22.4 Å². The van der Waals surface area contributed by atoms with Crippen molar-refractivity contribution in [3.05, 3.63) is 67.1 Å². The number of thioether (sulfide) groups is 1. The topological polar surface area (TPSA) is 144 Å². The molecule has 2 aliphatic rings. The van der Waals surface area contributed by atoms with Crippen LogP contribution >= 0.6 is 11.8 Å². The van der Waals surface area contributed by atoms with Crippen LogP contribution in [0.2, 0.25) is 0 Å². The summed E-state index contributed by atoms with van der Waals surface area (Å²) in [4.78, 5) is 56.0. The molecule has 0 bridgehead atoms. The number of ether oxygens (including phenoxy) is 1. The smallest absolute Gasteiger partial charge is 0.316 e. The molecule has 0 spiro atoms. The number of H-pyrrole nitrogens is 1. The van der Waals surface area contributed by atoms with E-state index in [9.17, 15) is 24.5 Å². The van der Waals surface area contributed by atoms with Crippen LogP contribution in [0.1, 0.15) is 50.7 Å². The van der Waals surface area contributed by atoms with E-state index in [2.05, 4.69) is 15.3 Å². The molecule has 2 heterocycles. The van der Waals surface area contributed by atoms with E-state index in [1.54, 1.807) is 19.1 Å². The molecule has 0 amide bonds. The van der Waals surface area contributed by atoms with E-state index in [1.807, 2.05) is 13.8 Å². The number of allylic oxidation sites excluding steroid dienone is 2. The Bertz CT molecular complexity index is 1270. The molecule has 178 valence electrons. The summed E-state index contributed by atoms with van der Waals surface area (Å²) in [6.07, 6.45) is 0.905. The van der Waals surface area contributed by atoms with Crippen molar-refractivity contribution in [2.45, 2.75) is 44.7 Å². The lowest BCUT2D eigenvalue weighted by Gasteiger charge is -2.38. The van der Waals surface area contributed by atoms with Gasteiger partial charge >= 0.3 is 5.97 Å². The Kier molecular flexibility index (Phi) is 6.30. The number of rotatable bonds is 6. The molecule has 0 saturated carbocycles. The fourth-order valence-corrected chi connectivity index (χ4v) is 5.07. The highest BCUT2D eigenvalue weighted by Crippen LogP contribution is 2.47. The summed E-state index contributed by atoms with van der Waals surface area (Å²) in [5.74, 6) is -0.915. The Hall–Kier alpha value is -3.47. The van der Waals surface area contributed by atoms with E-state index in [4.69, 9.17) is 4.74 Å². The van der Waals surface area contributed by atoms with Gasteiger partial charge in [-0.15, -0.1) is 0 Å². The third-order valence-corrected chi connectivity index (χ3v) is 6.62. The first kappa shape index (κ1) is 23.7. The number of nitrogens with zero attached hydrogens (tertiary/aromatic N) is 2. The summed E-state index contributed by atoms with van der Waals surface area (Å²) in [6.45, 7) is 5.96. The van der Waals surface area contributed by atoms with Gasteiger partial charge in [0.1, 0.15) is 5.82 Å². The Balaban J connectivity index is 1.81. The van der Waals surface area contributed by atoms with E-state index >= 15 is 0 Å². The van der Waals surface area contributed by atoms with E-state index in [-0.39, 0.29) is 40.0 Å². The number of anilines is 1. The van der Waals surface area contributed by atoms with Gasteiger partial charge in [0.25, 0.3) is 11.2 Å². The van der Waals surface area contributed by atoms with Crippen molar-refractivity contribution in [2.75, 3.05) is 17.7 Å². The molecule has 0 radical (unpaired) electrons. The van der Waals surface area contributed by atoms with Crippen LogP contribution in [0.5, 0.6) is 0 Å². The zero-order chi connectivity index (χ0) is 24.6. The number of carbonyl (C=O) groups is 2. The Morgan fingerprint density at radius 3 is 2.62 bits per heavy atom.